The van der Waals surface area contributed by atoms with E-state index in [4.69, 9.17) is 10.5 Å². The second-order valence-corrected chi connectivity index (χ2v) is 8.66. The maximum absolute atomic E-state index is 12.2. The zero-order valence-corrected chi connectivity index (χ0v) is 17.7. The number of ether oxygens (including phenoxy) is 1. The van der Waals surface area contributed by atoms with Crippen LogP contribution in [0, 0.1) is 6.92 Å². The van der Waals surface area contributed by atoms with Crippen molar-refractivity contribution >= 4 is 51.1 Å². The van der Waals surface area contributed by atoms with E-state index in [0.717, 1.165) is 34.8 Å². The molecule has 28 heavy (non-hydrogen) atoms. The molecule has 1 fully saturated rings. The lowest BCUT2D eigenvalue weighted by Gasteiger charge is -2.11. The monoisotopic (exact) mass is 417 g/mol. The van der Waals surface area contributed by atoms with Crippen LogP contribution in [0.25, 0.3) is 6.08 Å². The number of thiazole rings is 1. The Morgan fingerprint density at radius 2 is 2.21 bits per heavy atom. The summed E-state index contributed by atoms with van der Waals surface area (Å²) in [6, 6.07) is 5.77. The first kappa shape index (κ1) is 20.4. The van der Waals surface area contributed by atoms with Crippen molar-refractivity contribution in [2.75, 3.05) is 33.0 Å². The standard InChI is InChI=1S/C19H23N5O2S2/c1-12-9-13(26-8-4-7-24(2)3)5-6-15(12)22-19-23-17(25)16(28-19)10-14-11-21-18(20)27-14/h5-6,9-11H,4,7-8H2,1-3H3,(H2,20,21)(H,22,23,25). The summed E-state index contributed by atoms with van der Waals surface area (Å²) < 4.78 is 5.79. The second kappa shape index (κ2) is 9.22. The highest BCUT2D eigenvalue weighted by Gasteiger charge is 2.24. The highest BCUT2D eigenvalue weighted by molar-refractivity contribution is 8.18. The number of nitrogens with one attached hydrogen (secondary N) is 1. The number of rotatable bonds is 7. The van der Waals surface area contributed by atoms with Gasteiger partial charge in [-0.3, -0.25) is 4.79 Å². The molecule has 9 heteroatoms. The minimum absolute atomic E-state index is 0.172. The van der Waals surface area contributed by atoms with Gasteiger partial charge in [-0.15, -0.1) is 0 Å². The lowest BCUT2D eigenvalue weighted by atomic mass is 10.2. The summed E-state index contributed by atoms with van der Waals surface area (Å²) in [6.07, 6.45) is 4.39. The second-order valence-electron chi connectivity index (χ2n) is 6.54. The van der Waals surface area contributed by atoms with Gasteiger partial charge in [-0.25, -0.2) is 9.98 Å². The Labute approximate surface area is 172 Å². The molecule has 1 aliphatic heterocycles. The zero-order chi connectivity index (χ0) is 20.1. The summed E-state index contributed by atoms with van der Waals surface area (Å²) in [4.78, 5) is 24.3. The third kappa shape index (κ3) is 5.57. The summed E-state index contributed by atoms with van der Waals surface area (Å²) in [5.74, 6) is 0.654. The van der Waals surface area contributed by atoms with Crippen molar-refractivity contribution in [2.45, 2.75) is 13.3 Å². The number of amides is 1. The summed E-state index contributed by atoms with van der Waals surface area (Å²) in [5.41, 5.74) is 7.42. The number of amidine groups is 1. The number of hydrogen-bond acceptors (Lipinski definition) is 8. The topological polar surface area (TPSA) is 92.8 Å². The van der Waals surface area contributed by atoms with E-state index in [0.29, 0.717) is 21.8 Å². The van der Waals surface area contributed by atoms with E-state index in [1.807, 2.05) is 39.2 Å². The number of benzene rings is 1. The number of thioether (sulfide) groups is 1. The Bertz CT molecular complexity index is 921. The van der Waals surface area contributed by atoms with Gasteiger partial charge < -0.3 is 20.7 Å². The minimum atomic E-state index is -0.172. The lowest BCUT2D eigenvalue weighted by Crippen LogP contribution is -2.19. The molecule has 3 rings (SSSR count). The first-order valence-corrected chi connectivity index (χ1v) is 10.4. The van der Waals surface area contributed by atoms with Crippen LogP contribution in [0.2, 0.25) is 0 Å². The number of nitrogens with zero attached hydrogens (tertiary/aromatic N) is 3. The molecular formula is C19H23N5O2S2. The third-order valence-corrected chi connectivity index (χ3v) is 5.56. The van der Waals surface area contributed by atoms with Crippen LogP contribution in [0.3, 0.4) is 0 Å². The Kier molecular flexibility index (Phi) is 6.71. The number of carbonyl (C=O) groups is 1. The molecule has 0 radical (unpaired) electrons. The fourth-order valence-electron chi connectivity index (χ4n) is 2.50. The van der Waals surface area contributed by atoms with Gasteiger partial charge in [0.1, 0.15) is 5.75 Å². The number of nitrogens with two attached hydrogens (primary N) is 1. The van der Waals surface area contributed by atoms with E-state index in [9.17, 15) is 4.79 Å². The van der Waals surface area contributed by atoms with Crippen molar-refractivity contribution in [2.24, 2.45) is 4.99 Å². The fourth-order valence-corrected chi connectivity index (χ4v) is 4.03. The molecule has 0 atom stereocenters. The molecule has 1 aromatic heterocycles. The summed E-state index contributed by atoms with van der Waals surface area (Å²) in [7, 11) is 4.09. The Morgan fingerprint density at radius 1 is 1.39 bits per heavy atom. The van der Waals surface area contributed by atoms with Crippen LogP contribution in [0.1, 0.15) is 16.9 Å². The Hall–Kier alpha value is -2.36. The maximum Gasteiger partial charge on any atom is 0.264 e. The van der Waals surface area contributed by atoms with E-state index in [-0.39, 0.29) is 5.91 Å². The van der Waals surface area contributed by atoms with E-state index in [1.165, 1.54) is 23.1 Å². The molecule has 148 valence electrons. The normalized spacial score (nSPS) is 16.9. The van der Waals surface area contributed by atoms with Crippen molar-refractivity contribution in [1.29, 1.82) is 0 Å². The van der Waals surface area contributed by atoms with Gasteiger partial charge >= 0.3 is 0 Å². The molecule has 1 aromatic carbocycles. The molecule has 0 bridgehead atoms. The van der Waals surface area contributed by atoms with Gasteiger partial charge in [-0.2, -0.15) is 0 Å². The highest BCUT2D eigenvalue weighted by Crippen LogP contribution is 2.31. The fraction of sp³-hybridized carbons (Fsp3) is 0.316. The summed E-state index contributed by atoms with van der Waals surface area (Å²) in [5, 5.41) is 3.82. The maximum atomic E-state index is 12.2. The smallest absolute Gasteiger partial charge is 0.264 e. The van der Waals surface area contributed by atoms with Crippen LogP contribution in [0.4, 0.5) is 10.8 Å². The number of aryl methyl sites for hydroxylation is 1. The largest absolute Gasteiger partial charge is 0.494 e. The molecular weight excluding hydrogens is 394 g/mol. The van der Waals surface area contributed by atoms with Crippen LogP contribution in [-0.2, 0) is 4.79 Å². The first-order chi connectivity index (χ1) is 13.4. The number of aromatic nitrogens is 1. The van der Waals surface area contributed by atoms with Gasteiger partial charge in [-0.05, 0) is 69.0 Å². The summed E-state index contributed by atoms with van der Waals surface area (Å²) >= 11 is 2.64. The predicted molar refractivity (Wildman–Crippen MR) is 117 cm³/mol. The molecule has 0 aliphatic carbocycles. The van der Waals surface area contributed by atoms with Crippen LogP contribution in [-0.4, -0.2) is 48.2 Å². The molecule has 0 spiro atoms. The average molecular weight is 418 g/mol. The molecule has 3 N–H and O–H groups in total. The van der Waals surface area contributed by atoms with Crippen molar-refractivity contribution in [3.8, 4) is 5.75 Å². The van der Waals surface area contributed by atoms with Crippen molar-refractivity contribution in [3.63, 3.8) is 0 Å². The van der Waals surface area contributed by atoms with Gasteiger partial charge in [0, 0.05) is 12.7 Å². The quantitative estimate of drug-likeness (QED) is 0.531. The summed E-state index contributed by atoms with van der Waals surface area (Å²) in [6.45, 7) is 3.64. The van der Waals surface area contributed by atoms with E-state index < -0.39 is 0 Å². The number of aliphatic imine (C=N–C) groups is 1. The van der Waals surface area contributed by atoms with Gasteiger partial charge in [0.2, 0.25) is 0 Å². The molecule has 7 nitrogen and oxygen atoms in total. The van der Waals surface area contributed by atoms with Crippen LogP contribution < -0.4 is 15.8 Å². The minimum Gasteiger partial charge on any atom is -0.494 e. The number of hydrogen-bond donors (Lipinski definition) is 2. The van der Waals surface area contributed by atoms with Crippen LogP contribution in [0.5, 0.6) is 5.75 Å². The Morgan fingerprint density at radius 3 is 2.89 bits per heavy atom. The third-order valence-electron chi connectivity index (χ3n) is 3.87. The number of anilines is 1. The number of carbonyl (C=O) groups excluding carboxylic acids is 1. The SMILES string of the molecule is Cc1cc(OCCCN(C)C)ccc1N=C1NC(=O)C(=Cc2cnc(N)s2)S1. The molecule has 1 aliphatic rings. The van der Waals surface area contributed by atoms with E-state index in [2.05, 4.69) is 20.2 Å². The molecule has 1 saturated heterocycles. The first-order valence-electron chi connectivity index (χ1n) is 8.80. The van der Waals surface area contributed by atoms with Crippen molar-refractivity contribution in [1.82, 2.24) is 15.2 Å². The predicted octanol–water partition coefficient (Wildman–Crippen LogP) is 3.26. The van der Waals surface area contributed by atoms with E-state index >= 15 is 0 Å². The van der Waals surface area contributed by atoms with Gasteiger partial charge in [0.05, 0.1) is 22.1 Å². The van der Waals surface area contributed by atoms with Gasteiger partial charge in [0.15, 0.2) is 10.3 Å². The number of nitrogen functional groups attached to an aromatic ring is 1. The van der Waals surface area contributed by atoms with Gasteiger partial charge in [-0.1, -0.05) is 11.3 Å². The van der Waals surface area contributed by atoms with E-state index in [1.54, 1.807) is 12.3 Å². The van der Waals surface area contributed by atoms with Gasteiger partial charge in [0.25, 0.3) is 5.91 Å². The van der Waals surface area contributed by atoms with Crippen LogP contribution in [0.15, 0.2) is 34.3 Å². The lowest BCUT2D eigenvalue weighted by molar-refractivity contribution is -0.115. The average Bonchev–Trinajstić information content (AvgIpc) is 3.19. The molecule has 0 unspecified atom stereocenters. The zero-order valence-electron chi connectivity index (χ0n) is 16.1. The molecule has 1 amide bonds. The molecule has 2 heterocycles. The van der Waals surface area contributed by atoms with Crippen molar-refractivity contribution < 1.29 is 9.53 Å². The molecule has 2 aromatic rings. The van der Waals surface area contributed by atoms with Crippen molar-refractivity contribution in [3.05, 3.63) is 39.7 Å². The molecule has 0 saturated carbocycles. The highest BCUT2D eigenvalue weighted by atomic mass is 32.2. The van der Waals surface area contributed by atoms with Crippen LogP contribution >= 0.6 is 23.1 Å². The Balaban J connectivity index is 1.65.